The number of H-pyrrole nitrogens is 1. The van der Waals surface area contributed by atoms with Gasteiger partial charge in [0.25, 0.3) is 0 Å². The number of carbonyl (C=O) groups is 1. The fourth-order valence-corrected chi connectivity index (χ4v) is 3.90. The van der Waals surface area contributed by atoms with Crippen molar-refractivity contribution in [3.8, 4) is 11.3 Å². The van der Waals surface area contributed by atoms with Crippen LogP contribution in [0.25, 0.3) is 11.3 Å². The molecule has 7 heteroatoms. The van der Waals surface area contributed by atoms with Crippen LogP contribution in [0.5, 0.6) is 0 Å². The van der Waals surface area contributed by atoms with Crippen molar-refractivity contribution in [2.45, 2.75) is 39.2 Å². The van der Waals surface area contributed by atoms with E-state index in [0.29, 0.717) is 17.2 Å². The van der Waals surface area contributed by atoms with Gasteiger partial charge in [0.1, 0.15) is 0 Å². The second-order valence-corrected chi connectivity index (χ2v) is 7.41. The Morgan fingerprint density at radius 2 is 2.26 bits per heavy atom. The fourth-order valence-electron chi connectivity index (χ4n) is 3.69. The number of aryl methyl sites for hydroxylation is 1. The predicted octanol–water partition coefficient (Wildman–Crippen LogP) is 4.24. The maximum Gasteiger partial charge on any atom is 0.227 e. The van der Waals surface area contributed by atoms with Gasteiger partial charge < -0.3 is 9.42 Å². The van der Waals surface area contributed by atoms with Crippen molar-refractivity contribution >= 4 is 17.5 Å². The topological polar surface area (TPSA) is 75.0 Å². The van der Waals surface area contributed by atoms with Gasteiger partial charge in [-0.15, -0.1) is 0 Å². The van der Waals surface area contributed by atoms with Crippen LogP contribution < -0.4 is 0 Å². The normalized spacial score (nSPS) is 16.9. The summed E-state index contributed by atoms with van der Waals surface area (Å²) in [5.74, 6) is 0.802. The number of amides is 1. The zero-order valence-electron chi connectivity index (χ0n) is 15.3. The summed E-state index contributed by atoms with van der Waals surface area (Å²) in [6.07, 6.45) is 3.93. The van der Waals surface area contributed by atoms with Gasteiger partial charge in [0.2, 0.25) is 5.91 Å². The van der Waals surface area contributed by atoms with E-state index in [0.717, 1.165) is 47.5 Å². The van der Waals surface area contributed by atoms with Gasteiger partial charge in [-0.3, -0.25) is 9.89 Å². The first kappa shape index (κ1) is 17.8. The van der Waals surface area contributed by atoms with Crippen molar-refractivity contribution in [1.29, 1.82) is 0 Å². The maximum absolute atomic E-state index is 13.0. The van der Waals surface area contributed by atoms with Gasteiger partial charge in [-0.05, 0) is 44.4 Å². The second kappa shape index (κ2) is 7.19. The molecule has 0 spiro atoms. The zero-order valence-corrected chi connectivity index (χ0v) is 16.1. The van der Waals surface area contributed by atoms with Gasteiger partial charge in [0.05, 0.1) is 35.6 Å². The third-order valence-corrected chi connectivity index (χ3v) is 5.46. The average Bonchev–Trinajstić information content (AvgIpc) is 3.35. The highest BCUT2D eigenvalue weighted by molar-refractivity contribution is 6.30. The monoisotopic (exact) mass is 384 g/mol. The van der Waals surface area contributed by atoms with Crippen molar-refractivity contribution in [1.82, 2.24) is 20.3 Å². The third kappa shape index (κ3) is 3.37. The van der Waals surface area contributed by atoms with E-state index in [1.54, 1.807) is 6.20 Å². The number of nitrogens with one attached hydrogen (secondary N) is 1. The van der Waals surface area contributed by atoms with E-state index >= 15 is 0 Å². The van der Waals surface area contributed by atoms with Gasteiger partial charge in [-0.2, -0.15) is 5.10 Å². The van der Waals surface area contributed by atoms with Crippen LogP contribution in [0.2, 0.25) is 5.02 Å². The number of hydrogen-bond acceptors (Lipinski definition) is 4. The van der Waals surface area contributed by atoms with Crippen molar-refractivity contribution < 1.29 is 9.32 Å². The molecule has 2 aromatic heterocycles. The lowest BCUT2D eigenvalue weighted by molar-refractivity contribution is -0.131. The zero-order chi connectivity index (χ0) is 19.0. The number of carbonyl (C=O) groups excluding carboxylic acids is 1. The molecule has 0 radical (unpaired) electrons. The quantitative estimate of drug-likeness (QED) is 0.729. The standard InChI is InChI=1S/C20H21ClN4O2/c1-12-13(2)24-27-20(12)16-11-22-23-19(16)17-7-4-8-25(17)18(26)10-14-5-3-6-15(21)9-14/h3,5-6,9,11,17H,4,7-8,10H2,1-2H3,(H,22,23)/t17-/m1/s1. The summed E-state index contributed by atoms with van der Waals surface area (Å²) < 4.78 is 5.52. The van der Waals surface area contributed by atoms with Crippen LogP contribution in [0, 0.1) is 13.8 Å². The molecule has 1 atom stereocenters. The molecule has 1 fully saturated rings. The summed E-state index contributed by atoms with van der Waals surface area (Å²) in [5.41, 5.74) is 4.56. The highest BCUT2D eigenvalue weighted by Crippen LogP contribution is 2.38. The summed E-state index contributed by atoms with van der Waals surface area (Å²) in [6, 6.07) is 7.41. The summed E-state index contributed by atoms with van der Waals surface area (Å²) in [5, 5.41) is 12.0. The molecule has 1 amide bonds. The Morgan fingerprint density at radius 1 is 1.41 bits per heavy atom. The van der Waals surface area contributed by atoms with Crippen molar-refractivity contribution in [3.05, 3.63) is 58.0 Å². The maximum atomic E-state index is 13.0. The summed E-state index contributed by atoms with van der Waals surface area (Å²) in [4.78, 5) is 14.9. The van der Waals surface area contributed by atoms with Crippen LogP contribution >= 0.6 is 11.6 Å². The van der Waals surface area contributed by atoms with Crippen LogP contribution in [0.3, 0.4) is 0 Å². The Hall–Kier alpha value is -2.60. The van der Waals surface area contributed by atoms with E-state index in [4.69, 9.17) is 16.1 Å². The first-order valence-corrected chi connectivity index (χ1v) is 9.43. The number of benzene rings is 1. The lowest BCUT2D eigenvalue weighted by atomic mass is 10.0. The van der Waals surface area contributed by atoms with Crippen LogP contribution in [0.15, 0.2) is 35.0 Å². The average molecular weight is 385 g/mol. The number of aromatic amines is 1. The number of nitrogens with zero attached hydrogens (tertiary/aromatic N) is 3. The summed E-state index contributed by atoms with van der Waals surface area (Å²) in [6.45, 7) is 4.63. The highest BCUT2D eigenvalue weighted by Gasteiger charge is 2.33. The largest absolute Gasteiger partial charge is 0.356 e. The summed E-state index contributed by atoms with van der Waals surface area (Å²) in [7, 11) is 0. The molecule has 4 rings (SSSR count). The number of likely N-dealkylation sites (tertiary alicyclic amines) is 1. The van der Waals surface area contributed by atoms with E-state index in [1.807, 2.05) is 43.0 Å². The summed E-state index contributed by atoms with van der Waals surface area (Å²) >= 11 is 6.05. The number of hydrogen-bond donors (Lipinski definition) is 1. The van der Waals surface area contributed by atoms with Gasteiger partial charge >= 0.3 is 0 Å². The molecule has 3 aromatic rings. The number of halogens is 1. The van der Waals surface area contributed by atoms with E-state index in [1.165, 1.54) is 0 Å². The van der Waals surface area contributed by atoms with Gasteiger partial charge in [-0.1, -0.05) is 28.9 Å². The van der Waals surface area contributed by atoms with E-state index in [9.17, 15) is 4.79 Å². The predicted molar refractivity (Wildman–Crippen MR) is 102 cm³/mol. The first-order chi connectivity index (χ1) is 13.0. The molecule has 3 heterocycles. The van der Waals surface area contributed by atoms with Crippen LogP contribution in [-0.2, 0) is 11.2 Å². The Kier molecular flexibility index (Phi) is 4.74. The highest BCUT2D eigenvalue weighted by atomic mass is 35.5. The van der Waals surface area contributed by atoms with Crippen molar-refractivity contribution in [2.75, 3.05) is 6.54 Å². The molecule has 0 aliphatic carbocycles. The fraction of sp³-hybridized carbons (Fsp3) is 0.350. The van der Waals surface area contributed by atoms with E-state index < -0.39 is 0 Å². The van der Waals surface area contributed by atoms with Gasteiger partial charge in [-0.25, -0.2) is 0 Å². The molecular weight excluding hydrogens is 364 g/mol. The molecule has 6 nitrogen and oxygen atoms in total. The Balaban J connectivity index is 1.60. The van der Waals surface area contributed by atoms with Gasteiger partial charge in [0.15, 0.2) is 5.76 Å². The van der Waals surface area contributed by atoms with Crippen molar-refractivity contribution in [2.24, 2.45) is 0 Å². The van der Waals surface area contributed by atoms with Crippen LogP contribution in [0.1, 0.15) is 41.4 Å². The number of rotatable bonds is 4. The molecule has 27 heavy (non-hydrogen) atoms. The van der Waals surface area contributed by atoms with Crippen molar-refractivity contribution in [3.63, 3.8) is 0 Å². The molecule has 0 unspecified atom stereocenters. The van der Waals surface area contributed by atoms with Crippen LogP contribution in [0.4, 0.5) is 0 Å². The molecule has 0 saturated carbocycles. The lowest BCUT2D eigenvalue weighted by Crippen LogP contribution is -2.32. The van der Waals surface area contributed by atoms with Gasteiger partial charge in [0, 0.05) is 17.1 Å². The molecule has 1 aliphatic heterocycles. The molecule has 140 valence electrons. The van der Waals surface area contributed by atoms with E-state index in [2.05, 4.69) is 15.4 Å². The molecule has 0 bridgehead atoms. The SMILES string of the molecule is Cc1noc(-c2cn[nH]c2[C@H]2CCCN2C(=O)Cc2cccc(Cl)c2)c1C. The lowest BCUT2D eigenvalue weighted by Gasteiger charge is -2.24. The second-order valence-electron chi connectivity index (χ2n) is 6.97. The number of aromatic nitrogens is 3. The Morgan fingerprint density at radius 3 is 3.00 bits per heavy atom. The molecule has 1 aliphatic rings. The minimum atomic E-state index is -0.0426. The first-order valence-electron chi connectivity index (χ1n) is 9.05. The Labute approximate surface area is 162 Å². The molecule has 1 N–H and O–H groups in total. The Bertz CT molecular complexity index is 978. The smallest absolute Gasteiger partial charge is 0.227 e. The third-order valence-electron chi connectivity index (χ3n) is 5.22. The molecule has 1 aromatic carbocycles. The minimum Gasteiger partial charge on any atom is -0.356 e. The molecule has 1 saturated heterocycles. The minimum absolute atomic E-state index is 0.0426. The van der Waals surface area contributed by atoms with Crippen LogP contribution in [-0.4, -0.2) is 32.7 Å². The molecular formula is C20H21ClN4O2. The van der Waals surface area contributed by atoms with E-state index in [-0.39, 0.29) is 11.9 Å².